The summed E-state index contributed by atoms with van der Waals surface area (Å²) in [6, 6.07) is 5.41. The van der Waals surface area contributed by atoms with Crippen LogP contribution in [0.3, 0.4) is 0 Å². The van der Waals surface area contributed by atoms with Gasteiger partial charge in [0.2, 0.25) is 5.91 Å². The van der Waals surface area contributed by atoms with Crippen molar-refractivity contribution in [3.05, 3.63) is 29.3 Å². The van der Waals surface area contributed by atoms with E-state index in [1.165, 1.54) is 0 Å². The number of carbonyl (C=O) groups is 2. The molecule has 1 aromatic rings. The number of anilines is 1. The number of hydrogen-bond acceptors (Lipinski definition) is 3. The van der Waals surface area contributed by atoms with Gasteiger partial charge in [-0.2, -0.15) is 0 Å². The molecular formula is C15H18N2O3. The predicted molar refractivity (Wildman–Crippen MR) is 74.7 cm³/mol. The molecule has 0 aromatic heterocycles. The molecule has 20 heavy (non-hydrogen) atoms. The van der Waals surface area contributed by atoms with Crippen molar-refractivity contribution in [2.75, 3.05) is 18.5 Å². The maximum Gasteiger partial charge on any atom is 0.251 e. The molecule has 0 saturated carbocycles. The molecule has 1 atom stereocenters. The fourth-order valence-corrected chi connectivity index (χ4v) is 2.64. The molecule has 2 heterocycles. The maximum atomic E-state index is 12.1. The summed E-state index contributed by atoms with van der Waals surface area (Å²) in [5.41, 5.74) is 2.48. The van der Waals surface area contributed by atoms with Gasteiger partial charge in [0.15, 0.2) is 0 Å². The molecule has 106 valence electrons. The largest absolute Gasteiger partial charge is 0.376 e. The van der Waals surface area contributed by atoms with Crippen molar-refractivity contribution < 1.29 is 14.3 Å². The van der Waals surface area contributed by atoms with Crippen LogP contribution >= 0.6 is 0 Å². The van der Waals surface area contributed by atoms with E-state index in [1.807, 2.05) is 6.07 Å². The Morgan fingerprint density at radius 1 is 1.40 bits per heavy atom. The van der Waals surface area contributed by atoms with Crippen LogP contribution < -0.4 is 10.6 Å². The first-order valence-electron chi connectivity index (χ1n) is 7.05. The molecule has 5 nitrogen and oxygen atoms in total. The Labute approximate surface area is 117 Å². The highest BCUT2D eigenvalue weighted by atomic mass is 16.5. The van der Waals surface area contributed by atoms with Crippen LogP contribution in [-0.4, -0.2) is 31.1 Å². The van der Waals surface area contributed by atoms with Gasteiger partial charge in [-0.05, 0) is 43.0 Å². The van der Waals surface area contributed by atoms with Crippen molar-refractivity contribution in [2.45, 2.75) is 31.8 Å². The zero-order valence-corrected chi connectivity index (χ0v) is 11.3. The second-order valence-corrected chi connectivity index (χ2v) is 5.27. The first-order chi connectivity index (χ1) is 9.72. The van der Waals surface area contributed by atoms with Gasteiger partial charge >= 0.3 is 0 Å². The number of ether oxygens (including phenoxy) is 1. The number of aryl methyl sites for hydroxylation is 1. The molecule has 2 aliphatic rings. The zero-order chi connectivity index (χ0) is 13.9. The average Bonchev–Trinajstić information content (AvgIpc) is 2.97. The summed E-state index contributed by atoms with van der Waals surface area (Å²) in [4.78, 5) is 23.4. The van der Waals surface area contributed by atoms with Gasteiger partial charge in [-0.1, -0.05) is 0 Å². The highest BCUT2D eigenvalue weighted by molar-refractivity contribution is 5.97. The van der Waals surface area contributed by atoms with E-state index in [2.05, 4.69) is 10.6 Å². The molecule has 5 heteroatoms. The molecular weight excluding hydrogens is 256 g/mol. The number of hydrogen-bond donors (Lipinski definition) is 2. The van der Waals surface area contributed by atoms with E-state index < -0.39 is 0 Å². The summed E-state index contributed by atoms with van der Waals surface area (Å²) in [7, 11) is 0. The third-order valence-corrected chi connectivity index (χ3v) is 3.78. The lowest BCUT2D eigenvalue weighted by Crippen LogP contribution is -2.32. The lowest BCUT2D eigenvalue weighted by Gasteiger charge is -2.17. The molecule has 1 aromatic carbocycles. The van der Waals surface area contributed by atoms with Crippen LogP contribution in [0.5, 0.6) is 0 Å². The number of benzene rings is 1. The third kappa shape index (κ3) is 2.82. The molecule has 1 fully saturated rings. The highest BCUT2D eigenvalue weighted by Crippen LogP contribution is 2.23. The Morgan fingerprint density at radius 2 is 2.30 bits per heavy atom. The van der Waals surface area contributed by atoms with Crippen molar-refractivity contribution in [1.29, 1.82) is 0 Å². The fourth-order valence-electron chi connectivity index (χ4n) is 2.64. The topological polar surface area (TPSA) is 67.4 Å². The number of nitrogens with one attached hydrogen (secondary N) is 2. The maximum absolute atomic E-state index is 12.1. The Hall–Kier alpha value is -1.88. The Kier molecular flexibility index (Phi) is 3.69. The third-order valence-electron chi connectivity index (χ3n) is 3.78. The summed E-state index contributed by atoms with van der Waals surface area (Å²) in [5, 5.41) is 5.72. The lowest BCUT2D eigenvalue weighted by molar-refractivity contribution is -0.116. The minimum atomic E-state index is -0.0831. The monoisotopic (exact) mass is 274 g/mol. The molecule has 0 spiro atoms. The first kappa shape index (κ1) is 13.1. The first-order valence-corrected chi connectivity index (χ1v) is 7.05. The van der Waals surface area contributed by atoms with Crippen LogP contribution in [0.25, 0.3) is 0 Å². The van der Waals surface area contributed by atoms with Gasteiger partial charge in [0.25, 0.3) is 5.91 Å². The highest BCUT2D eigenvalue weighted by Gasteiger charge is 2.19. The van der Waals surface area contributed by atoms with E-state index in [-0.39, 0.29) is 17.9 Å². The molecule has 0 radical (unpaired) electrons. The lowest BCUT2D eigenvalue weighted by atomic mass is 10.00. The second-order valence-electron chi connectivity index (χ2n) is 5.27. The predicted octanol–water partition coefficient (Wildman–Crippen LogP) is 1.48. The summed E-state index contributed by atoms with van der Waals surface area (Å²) in [6.07, 6.45) is 3.40. The minimum absolute atomic E-state index is 0.0353. The van der Waals surface area contributed by atoms with Crippen LogP contribution in [0.1, 0.15) is 35.2 Å². The van der Waals surface area contributed by atoms with Crippen LogP contribution in [0.15, 0.2) is 18.2 Å². The van der Waals surface area contributed by atoms with Gasteiger partial charge < -0.3 is 15.4 Å². The van der Waals surface area contributed by atoms with Crippen LogP contribution in [0.2, 0.25) is 0 Å². The molecule has 3 rings (SSSR count). The van der Waals surface area contributed by atoms with Gasteiger partial charge in [0, 0.05) is 30.8 Å². The van der Waals surface area contributed by atoms with Gasteiger partial charge in [0.1, 0.15) is 0 Å². The normalized spacial score (nSPS) is 21.2. The molecule has 0 aliphatic carbocycles. The molecule has 0 bridgehead atoms. The average molecular weight is 274 g/mol. The summed E-state index contributed by atoms with van der Waals surface area (Å²) >= 11 is 0. The summed E-state index contributed by atoms with van der Waals surface area (Å²) in [6.45, 7) is 1.35. The Morgan fingerprint density at radius 3 is 3.10 bits per heavy atom. The molecule has 2 N–H and O–H groups in total. The van der Waals surface area contributed by atoms with E-state index in [0.29, 0.717) is 24.9 Å². The van der Waals surface area contributed by atoms with Crippen molar-refractivity contribution in [3.8, 4) is 0 Å². The summed E-state index contributed by atoms with van der Waals surface area (Å²) < 4.78 is 5.48. The standard InChI is InChI=1S/C15H18N2O3/c18-14-6-4-10-8-11(3-5-13(10)17-14)15(19)16-9-12-2-1-7-20-12/h3,5,8,12H,1-2,4,6-7,9H2,(H,16,19)(H,17,18). The van der Waals surface area contributed by atoms with E-state index in [9.17, 15) is 9.59 Å². The minimum Gasteiger partial charge on any atom is -0.376 e. The van der Waals surface area contributed by atoms with Crippen molar-refractivity contribution in [1.82, 2.24) is 5.32 Å². The van der Waals surface area contributed by atoms with Gasteiger partial charge in [-0.15, -0.1) is 0 Å². The number of carbonyl (C=O) groups excluding carboxylic acids is 2. The van der Waals surface area contributed by atoms with Gasteiger partial charge in [0.05, 0.1) is 6.10 Å². The van der Waals surface area contributed by atoms with Crippen molar-refractivity contribution in [2.24, 2.45) is 0 Å². The van der Waals surface area contributed by atoms with Crippen molar-refractivity contribution >= 4 is 17.5 Å². The smallest absolute Gasteiger partial charge is 0.251 e. The van der Waals surface area contributed by atoms with Gasteiger partial charge in [-0.25, -0.2) is 0 Å². The number of fused-ring (bicyclic) bond motifs is 1. The fraction of sp³-hybridized carbons (Fsp3) is 0.467. The zero-order valence-electron chi connectivity index (χ0n) is 11.3. The van der Waals surface area contributed by atoms with Crippen LogP contribution in [0, 0.1) is 0 Å². The molecule has 2 amide bonds. The number of amides is 2. The van der Waals surface area contributed by atoms with E-state index in [0.717, 1.165) is 30.7 Å². The second kappa shape index (κ2) is 5.63. The van der Waals surface area contributed by atoms with Crippen LogP contribution in [0.4, 0.5) is 5.69 Å². The van der Waals surface area contributed by atoms with Gasteiger partial charge in [-0.3, -0.25) is 9.59 Å². The Balaban J connectivity index is 1.64. The molecule has 1 unspecified atom stereocenters. The van der Waals surface area contributed by atoms with E-state index in [1.54, 1.807) is 12.1 Å². The van der Waals surface area contributed by atoms with Crippen LogP contribution in [-0.2, 0) is 16.0 Å². The van der Waals surface area contributed by atoms with E-state index >= 15 is 0 Å². The van der Waals surface area contributed by atoms with Crippen molar-refractivity contribution in [3.63, 3.8) is 0 Å². The SMILES string of the molecule is O=C1CCc2cc(C(=O)NCC3CCCO3)ccc2N1. The molecule has 2 aliphatic heterocycles. The molecule has 1 saturated heterocycles. The van der Waals surface area contributed by atoms with E-state index in [4.69, 9.17) is 4.74 Å². The quantitative estimate of drug-likeness (QED) is 0.877. The number of rotatable bonds is 3. The summed E-state index contributed by atoms with van der Waals surface area (Å²) in [5.74, 6) is -0.0479. The Bertz CT molecular complexity index is 536.